The molecule has 0 spiro atoms. The van der Waals surface area contributed by atoms with E-state index in [1.807, 2.05) is 84.9 Å². The number of aromatic nitrogens is 2. The molecule has 0 bridgehead atoms. The van der Waals surface area contributed by atoms with Crippen LogP contribution in [0.5, 0.6) is 0 Å². The average molecular weight is 573 g/mol. The van der Waals surface area contributed by atoms with E-state index in [1.165, 1.54) is 4.73 Å². The summed E-state index contributed by atoms with van der Waals surface area (Å²) in [6.45, 7) is 0. The second-order valence-corrected chi connectivity index (χ2v) is 9.46. The second kappa shape index (κ2) is 13.3. The SMILES string of the molecule is O=C(O)c1ccccc1.O=C(On1c(-c2ccccc2Cl)nc(-c2ccccc2)c1-c1ccccc1)c1ccccc1. The quantitative estimate of drug-likeness (QED) is 0.217. The van der Waals surface area contributed by atoms with Crippen LogP contribution in [0.4, 0.5) is 0 Å². The van der Waals surface area contributed by atoms with Crippen molar-refractivity contribution in [3.63, 3.8) is 0 Å². The zero-order valence-electron chi connectivity index (χ0n) is 22.3. The van der Waals surface area contributed by atoms with E-state index in [0.717, 1.165) is 11.1 Å². The second-order valence-electron chi connectivity index (χ2n) is 9.05. The Morgan fingerprint density at radius 3 is 1.62 bits per heavy atom. The summed E-state index contributed by atoms with van der Waals surface area (Å²) in [5.41, 5.74) is 4.56. The fourth-order valence-corrected chi connectivity index (χ4v) is 4.47. The lowest BCUT2D eigenvalue weighted by atomic mass is 10.1. The van der Waals surface area contributed by atoms with E-state index in [-0.39, 0.29) is 0 Å². The molecule has 6 rings (SSSR count). The highest BCUT2D eigenvalue weighted by atomic mass is 35.5. The maximum atomic E-state index is 13.1. The Balaban J connectivity index is 0.000000336. The number of halogens is 1. The van der Waals surface area contributed by atoms with Crippen molar-refractivity contribution in [1.29, 1.82) is 0 Å². The molecule has 1 aromatic heterocycles. The van der Waals surface area contributed by atoms with Crippen molar-refractivity contribution in [2.24, 2.45) is 0 Å². The van der Waals surface area contributed by atoms with E-state index >= 15 is 0 Å². The first-order valence-corrected chi connectivity index (χ1v) is 13.5. The number of nitrogens with zero attached hydrogens (tertiary/aromatic N) is 2. The molecule has 0 saturated carbocycles. The van der Waals surface area contributed by atoms with Crippen LogP contribution in [-0.4, -0.2) is 26.8 Å². The highest BCUT2D eigenvalue weighted by molar-refractivity contribution is 6.33. The fourth-order valence-electron chi connectivity index (χ4n) is 4.25. The van der Waals surface area contributed by atoms with E-state index in [0.29, 0.717) is 38.9 Å². The van der Waals surface area contributed by atoms with Crippen molar-refractivity contribution in [2.75, 3.05) is 0 Å². The largest absolute Gasteiger partial charge is 0.478 e. The Hall–Kier alpha value is -5.46. The first kappa shape index (κ1) is 28.1. The Labute approximate surface area is 248 Å². The molecule has 1 N–H and O–H groups in total. The molecule has 0 radical (unpaired) electrons. The van der Waals surface area contributed by atoms with Crippen molar-refractivity contribution >= 4 is 23.5 Å². The molecule has 7 heteroatoms. The minimum absolute atomic E-state index is 0.331. The molecule has 0 aliphatic heterocycles. The third-order valence-electron chi connectivity index (χ3n) is 6.25. The summed E-state index contributed by atoms with van der Waals surface area (Å²) in [5.74, 6) is -0.920. The topological polar surface area (TPSA) is 81.4 Å². The molecular formula is C35H25ClN2O4. The summed E-state index contributed by atoms with van der Waals surface area (Å²) >= 11 is 6.54. The molecule has 0 fully saturated rings. The zero-order chi connectivity index (χ0) is 29.3. The molecule has 0 unspecified atom stereocenters. The van der Waals surface area contributed by atoms with Crippen LogP contribution in [0.25, 0.3) is 33.9 Å². The lowest BCUT2D eigenvalue weighted by Gasteiger charge is -2.13. The summed E-state index contributed by atoms with van der Waals surface area (Å²) in [5, 5.41) is 8.90. The number of carboxylic acid groups (broad SMARTS) is 1. The number of hydrogen-bond acceptors (Lipinski definition) is 4. The number of hydrogen-bond donors (Lipinski definition) is 1. The van der Waals surface area contributed by atoms with Crippen molar-refractivity contribution in [3.8, 4) is 33.9 Å². The molecule has 6 nitrogen and oxygen atoms in total. The van der Waals surface area contributed by atoms with Gasteiger partial charge < -0.3 is 9.94 Å². The first-order chi connectivity index (χ1) is 20.5. The summed E-state index contributed by atoms with van der Waals surface area (Å²) in [7, 11) is 0. The monoisotopic (exact) mass is 572 g/mol. The molecule has 0 saturated heterocycles. The molecule has 0 aliphatic carbocycles. The molecule has 1 heterocycles. The summed E-state index contributed by atoms with van der Waals surface area (Å²) in [6, 6.07) is 44.1. The minimum atomic E-state index is -0.879. The van der Waals surface area contributed by atoms with Crippen molar-refractivity contribution in [2.45, 2.75) is 0 Å². The fraction of sp³-hybridized carbons (Fsp3) is 0. The molecular weight excluding hydrogens is 548 g/mol. The number of imidazole rings is 1. The van der Waals surface area contributed by atoms with Gasteiger partial charge in [0, 0.05) is 16.7 Å². The van der Waals surface area contributed by atoms with Gasteiger partial charge in [0.1, 0.15) is 11.4 Å². The zero-order valence-corrected chi connectivity index (χ0v) is 23.1. The van der Waals surface area contributed by atoms with Gasteiger partial charge in [-0.2, -0.15) is 4.73 Å². The Morgan fingerprint density at radius 2 is 1.10 bits per heavy atom. The van der Waals surface area contributed by atoms with Gasteiger partial charge in [-0.25, -0.2) is 14.6 Å². The highest BCUT2D eigenvalue weighted by Crippen LogP contribution is 2.37. The summed E-state index contributed by atoms with van der Waals surface area (Å²) in [6.07, 6.45) is 0. The van der Waals surface area contributed by atoms with Gasteiger partial charge in [-0.05, 0) is 36.4 Å². The maximum absolute atomic E-state index is 13.1. The molecule has 5 aromatic carbocycles. The third kappa shape index (κ3) is 6.46. The van der Waals surface area contributed by atoms with Crippen LogP contribution in [0.3, 0.4) is 0 Å². The predicted molar refractivity (Wildman–Crippen MR) is 164 cm³/mol. The van der Waals surface area contributed by atoms with Crippen LogP contribution in [-0.2, 0) is 0 Å². The van der Waals surface area contributed by atoms with E-state index in [9.17, 15) is 9.59 Å². The van der Waals surface area contributed by atoms with Gasteiger partial charge in [0.05, 0.1) is 16.1 Å². The normalized spacial score (nSPS) is 10.3. The summed E-state index contributed by atoms with van der Waals surface area (Å²) < 4.78 is 1.49. The van der Waals surface area contributed by atoms with Gasteiger partial charge >= 0.3 is 11.9 Å². The number of carbonyl (C=O) groups is 2. The standard InChI is InChI=1S/C28H19ClN2O2.C7H6O2/c29-24-19-11-10-18-23(24)27-30-25(20-12-4-1-5-13-20)26(21-14-6-2-7-15-21)31(27)33-28(32)22-16-8-3-9-17-22;8-7(9)6-4-2-1-3-5-6/h1-19H;1-5H,(H,8,9). The molecule has 42 heavy (non-hydrogen) atoms. The number of carboxylic acids is 1. The van der Waals surface area contributed by atoms with Gasteiger partial charge in [-0.3, -0.25) is 0 Å². The number of carbonyl (C=O) groups excluding carboxylic acids is 1. The lowest BCUT2D eigenvalue weighted by molar-refractivity contribution is 0.0476. The maximum Gasteiger partial charge on any atom is 0.363 e. The Kier molecular flexibility index (Phi) is 8.87. The van der Waals surface area contributed by atoms with E-state index < -0.39 is 11.9 Å². The van der Waals surface area contributed by atoms with E-state index in [2.05, 4.69) is 0 Å². The van der Waals surface area contributed by atoms with Gasteiger partial charge in [0.25, 0.3) is 0 Å². The van der Waals surface area contributed by atoms with Crippen LogP contribution in [0, 0.1) is 0 Å². The van der Waals surface area contributed by atoms with E-state index in [1.54, 1.807) is 60.7 Å². The summed E-state index contributed by atoms with van der Waals surface area (Å²) in [4.78, 5) is 34.2. The first-order valence-electron chi connectivity index (χ1n) is 13.1. The minimum Gasteiger partial charge on any atom is -0.478 e. The van der Waals surface area contributed by atoms with Crippen LogP contribution < -0.4 is 4.84 Å². The molecule has 0 amide bonds. The van der Waals surface area contributed by atoms with Crippen LogP contribution >= 0.6 is 11.6 Å². The van der Waals surface area contributed by atoms with Gasteiger partial charge in [0.2, 0.25) is 0 Å². The third-order valence-corrected chi connectivity index (χ3v) is 6.58. The average Bonchev–Trinajstić information content (AvgIpc) is 3.42. The number of rotatable bonds is 6. The highest BCUT2D eigenvalue weighted by Gasteiger charge is 2.25. The van der Waals surface area contributed by atoms with Crippen LogP contribution in [0.15, 0.2) is 146 Å². The lowest BCUT2D eigenvalue weighted by Crippen LogP contribution is -2.21. The van der Waals surface area contributed by atoms with Gasteiger partial charge in [0.15, 0.2) is 5.82 Å². The van der Waals surface area contributed by atoms with Crippen LogP contribution in [0.2, 0.25) is 5.02 Å². The van der Waals surface area contributed by atoms with Crippen molar-refractivity contribution < 1.29 is 19.5 Å². The molecule has 0 aliphatic rings. The number of benzene rings is 5. The van der Waals surface area contributed by atoms with Crippen molar-refractivity contribution in [1.82, 2.24) is 9.71 Å². The Morgan fingerprint density at radius 1 is 0.619 bits per heavy atom. The van der Waals surface area contributed by atoms with Crippen LogP contribution in [0.1, 0.15) is 20.7 Å². The smallest absolute Gasteiger partial charge is 0.363 e. The van der Waals surface area contributed by atoms with Gasteiger partial charge in [-0.15, -0.1) is 0 Å². The predicted octanol–water partition coefficient (Wildman–Crippen LogP) is 8.19. The van der Waals surface area contributed by atoms with Gasteiger partial charge in [-0.1, -0.05) is 121 Å². The molecule has 6 aromatic rings. The molecule has 206 valence electrons. The van der Waals surface area contributed by atoms with E-state index in [4.69, 9.17) is 26.5 Å². The van der Waals surface area contributed by atoms with Crippen molar-refractivity contribution in [3.05, 3.63) is 162 Å². The Bertz CT molecular complexity index is 1790. The number of aromatic carboxylic acids is 1. The molecule has 0 atom stereocenters.